The van der Waals surface area contributed by atoms with Crippen molar-refractivity contribution in [3.8, 4) is 0 Å². The first-order chi connectivity index (χ1) is 4.77. The monoisotopic (exact) mass is 242 g/mol. The summed E-state index contributed by atoms with van der Waals surface area (Å²) in [4.78, 5) is 0. The lowest BCUT2D eigenvalue weighted by atomic mass is 11.8. The predicted octanol–water partition coefficient (Wildman–Crippen LogP) is 4.14. The van der Waals surface area contributed by atoms with Gasteiger partial charge in [-0.1, -0.05) is 0 Å². The standard InChI is InChI=1S/CF4N2P2S2/c2-8(3,6-1-10)7-9(4,5)11. The molecule has 2 nitrogen and oxygen atoms in total. The highest BCUT2D eigenvalue weighted by molar-refractivity contribution is 8.10. The van der Waals surface area contributed by atoms with Crippen molar-refractivity contribution in [3.05, 3.63) is 0 Å². The second kappa shape index (κ2) is 3.87. The van der Waals surface area contributed by atoms with Crippen LogP contribution in [-0.2, 0) is 11.8 Å². The van der Waals surface area contributed by atoms with E-state index in [2.05, 4.69) is 28.8 Å². The maximum Gasteiger partial charge on any atom is 0.429 e. The molecule has 0 aromatic carbocycles. The molecular weight excluding hydrogens is 242 g/mol. The van der Waals surface area contributed by atoms with Crippen molar-refractivity contribution in [2.75, 3.05) is 0 Å². The Hall–Kier alpha value is 0.400. The van der Waals surface area contributed by atoms with Crippen molar-refractivity contribution in [1.29, 1.82) is 0 Å². The van der Waals surface area contributed by atoms with Crippen molar-refractivity contribution in [2.45, 2.75) is 0 Å². The van der Waals surface area contributed by atoms with E-state index in [1.54, 1.807) is 4.52 Å². The van der Waals surface area contributed by atoms with Gasteiger partial charge in [0.25, 0.3) is 0 Å². The Bertz CT molecular complexity index is 282. The molecule has 11 heavy (non-hydrogen) atoms. The van der Waals surface area contributed by atoms with Crippen LogP contribution < -0.4 is 0 Å². The van der Waals surface area contributed by atoms with Crippen LogP contribution in [0.1, 0.15) is 0 Å². The third-order valence-corrected chi connectivity index (χ3v) is 3.29. The van der Waals surface area contributed by atoms with Gasteiger partial charge >= 0.3 is 14.6 Å². The van der Waals surface area contributed by atoms with Crippen molar-refractivity contribution >= 4 is 43.8 Å². The summed E-state index contributed by atoms with van der Waals surface area (Å²) in [5.74, 6) is 0. The van der Waals surface area contributed by atoms with Crippen LogP contribution in [0.5, 0.6) is 0 Å². The minimum Gasteiger partial charge on any atom is -0.157 e. The molecule has 0 amide bonds. The van der Waals surface area contributed by atoms with Gasteiger partial charge in [0, 0.05) is 0 Å². The molecule has 0 fully saturated rings. The summed E-state index contributed by atoms with van der Waals surface area (Å²) in [6.07, 6.45) is 0. The fourth-order valence-corrected chi connectivity index (χ4v) is 2.54. The number of hydrogen-bond donors (Lipinski definition) is 0. The van der Waals surface area contributed by atoms with Crippen molar-refractivity contribution < 1.29 is 16.8 Å². The third-order valence-electron chi connectivity index (χ3n) is 0.373. The minimum absolute atomic E-state index is 1.28. The van der Waals surface area contributed by atoms with E-state index in [9.17, 15) is 16.8 Å². The van der Waals surface area contributed by atoms with Gasteiger partial charge in [0.15, 0.2) is 0 Å². The predicted molar refractivity (Wildman–Crippen MR) is 43.1 cm³/mol. The Morgan fingerprint density at radius 1 is 1.18 bits per heavy atom. The Morgan fingerprint density at radius 3 is 1.91 bits per heavy atom. The average Bonchev–Trinajstić information content (AvgIpc) is 1.55. The molecule has 0 bridgehead atoms. The first-order valence-corrected chi connectivity index (χ1v) is 6.31. The summed E-state index contributed by atoms with van der Waals surface area (Å²) >= 11 is 7.18. The summed E-state index contributed by atoms with van der Waals surface area (Å²) in [6.45, 7) is -5.24. The molecule has 0 spiro atoms. The molecule has 0 aromatic rings. The van der Waals surface area contributed by atoms with E-state index in [1.165, 1.54) is 5.16 Å². The summed E-state index contributed by atoms with van der Waals surface area (Å²) in [6, 6.07) is 0. The van der Waals surface area contributed by atoms with Crippen LogP contribution >= 0.6 is 26.9 Å². The Morgan fingerprint density at radius 2 is 1.64 bits per heavy atom. The van der Waals surface area contributed by atoms with Crippen molar-refractivity contribution in [1.82, 2.24) is 0 Å². The molecule has 0 aliphatic heterocycles. The minimum atomic E-state index is -5.33. The van der Waals surface area contributed by atoms with Gasteiger partial charge in [0.1, 0.15) is 0 Å². The highest BCUT2D eigenvalue weighted by Crippen LogP contribution is 2.66. The molecule has 0 radical (unpaired) electrons. The molecule has 0 saturated heterocycles. The Labute approximate surface area is 70.4 Å². The van der Waals surface area contributed by atoms with Gasteiger partial charge in [-0.05, 0) is 24.0 Å². The molecule has 0 N–H and O–H groups in total. The molecule has 0 aliphatic carbocycles. The van der Waals surface area contributed by atoms with Crippen molar-refractivity contribution in [2.24, 2.45) is 9.28 Å². The quantitative estimate of drug-likeness (QED) is 0.314. The second-order valence-electron chi connectivity index (χ2n) is 1.17. The van der Waals surface area contributed by atoms with Gasteiger partial charge in [-0.15, -0.1) is 17.7 Å². The second-order valence-corrected chi connectivity index (χ2v) is 5.37. The van der Waals surface area contributed by atoms with E-state index in [-0.39, 0.29) is 0 Å². The lowest BCUT2D eigenvalue weighted by Crippen LogP contribution is -1.55. The SMILES string of the molecule is FP(F)(=S)N=P(F)(F)N=C=S. The first kappa shape index (κ1) is 11.4. The molecule has 0 heterocycles. The molecule has 0 aliphatic rings. The van der Waals surface area contributed by atoms with Gasteiger partial charge in [-0.2, -0.15) is 8.39 Å². The largest absolute Gasteiger partial charge is 0.429 e. The van der Waals surface area contributed by atoms with Crippen LogP contribution in [0.3, 0.4) is 0 Å². The zero-order valence-corrected chi connectivity index (χ0v) is 8.04. The number of halogens is 4. The molecule has 0 unspecified atom stereocenters. The summed E-state index contributed by atoms with van der Waals surface area (Å²) in [5, 5.41) is 1.28. The average molecular weight is 242 g/mol. The van der Waals surface area contributed by atoms with Gasteiger partial charge in [0.2, 0.25) is 0 Å². The van der Waals surface area contributed by atoms with E-state index >= 15 is 0 Å². The molecule has 0 atom stereocenters. The number of isothiocyanates is 1. The number of hydrogen-bond acceptors (Lipinski definition) is 2. The van der Waals surface area contributed by atoms with E-state index in [1.807, 2.05) is 0 Å². The topological polar surface area (TPSA) is 24.7 Å². The third kappa shape index (κ3) is 6.78. The van der Waals surface area contributed by atoms with Crippen LogP contribution in [0.2, 0.25) is 0 Å². The zero-order valence-electron chi connectivity index (χ0n) is 4.62. The number of rotatable bonds is 2. The van der Waals surface area contributed by atoms with E-state index < -0.39 is 14.6 Å². The van der Waals surface area contributed by atoms with Crippen LogP contribution in [-0.4, -0.2) is 5.16 Å². The van der Waals surface area contributed by atoms with Gasteiger partial charge in [-0.25, -0.2) is 0 Å². The fraction of sp³-hybridized carbons (Fsp3) is 0. The highest BCUT2D eigenvalue weighted by atomic mass is 32.5. The van der Waals surface area contributed by atoms with Crippen molar-refractivity contribution in [3.63, 3.8) is 0 Å². The lowest BCUT2D eigenvalue weighted by Gasteiger charge is -1.95. The van der Waals surface area contributed by atoms with Gasteiger partial charge in [0.05, 0.1) is 5.16 Å². The lowest BCUT2D eigenvalue weighted by molar-refractivity contribution is 0.711. The van der Waals surface area contributed by atoms with Crippen LogP contribution in [0.15, 0.2) is 9.28 Å². The normalized spacial score (nSPS) is 12.0. The molecular formula is CF4N2P2S2. The van der Waals surface area contributed by atoms with E-state index in [0.29, 0.717) is 0 Å². The van der Waals surface area contributed by atoms with Crippen LogP contribution in [0.4, 0.5) is 16.8 Å². The summed E-state index contributed by atoms with van der Waals surface area (Å²) < 4.78 is 51.6. The van der Waals surface area contributed by atoms with E-state index in [0.717, 1.165) is 0 Å². The molecule has 10 heteroatoms. The van der Waals surface area contributed by atoms with Gasteiger partial charge in [-0.3, -0.25) is 0 Å². The number of nitrogens with zero attached hydrogens (tertiary/aromatic N) is 2. The fourth-order valence-electron chi connectivity index (χ4n) is 0.194. The first-order valence-electron chi connectivity index (χ1n) is 1.89. The maximum absolute atomic E-state index is 12.0. The Kier molecular flexibility index (Phi) is 4.02. The summed E-state index contributed by atoms with van der Waals surface area (Å²) in [7, 11) is -5.33. The zero-order chi connectivity index (χ0) is 9.12. The Balaban J connectivity index is 4.97. The van der Waals surface area contributed by atoms with E-state index in [4.69, 9.17) is 0 Å². The molecule has 0 rings (SSSR count). The highest BCUT2D eigenvalue weighted by Gasteiger charge is 2.23. The van der Waals surface area contributed by atoms with Crippen LogP contribution in [0.25, 0.3) is 0 Å². The number of thiocarbonyl (C=S) groups is 1. The van der Waals surface area contributed by atoms with Crippen LogP contribution in [0, 0.1) is 0 Å². The molecule has 64 valence electrons. The maximum atomic E-state index is 12.0. The molecule has 0 aromatic heterocycles. The smallest absolute Gasteiger partial charge is 0.157 e. The summed E-state index contributed by atoms with van der Waals surface area (Å²) in [5.41, 5.74) is 0. The molecule has 0 saturated carbocycles. The van der Waals surface area contributed by atoms with Gasteiger partial charge < -0.3 is 0 Å².